The molecule has 3 aromatic carbocycles. The molecule has 0 spiro atoms. The van der Waals surface area contributed by atoms with E-state index < -0.39 is 20.1 Å². The Kier molecular flexibility index (Phi) is 6.70. The number of benzene rings is 3. The topological polar surface area (TPSA) is 131 Å². The van der Waals surface area contributed by atoms with Gasteiger partial charge in [0, 0.05) is 30.2 Å². The Hall–Kier alpha value is -2.86. The van der Waals surface area contributed by atoms with E-state index >= 15 is 0 Å². The molecule has 31 heavy (non-hydrogen) atoms. The maximum atomic E-state index is 12.6. The highest BCUT2D eigenvalue weighted by atomic mass is 32.2. The number of ether oxygens (including phenoxy) is 2. The second-order valence-corrected chi connectivity index (χ2v) is 9.63. The van der Waals surface area contributed by atoms with Gasteiger partial charge in [-0.3, -0.25) is 4.55 Å². The number of hydrogen-bond donors (Lipinski definition) is 3. The molecule has 3 N–H and O–H groups in total. The van der Waals surface area contributed by atoms with Gasteiger partial charge in [0.15, 0.2) is 11.5 Å². The van der Waals surface area contributed by atoms with Crippen molar-refractivity contribution in [3.8, 4) is 11.5 Å². The number of anilines is 1. The molecule has 0 fully saturated rings. The van der Waals surface area contributed by atoms with E-state index in [1.807, 2.05) is 0 Å². The van der Waals surface area contributed by atoms with Crippen molar-refractivity contribution in [2.75, 3.05) is 32.6 Å². The van der Waals surface area contributed by atoms with Crippen LogP contribution in [0.15, 0.2) is 64.4 Å². The van der Waals surface area contributed by atoms with E-state index in [2.05, 4.69) is 10.0 Å². The van der Waals surface area contributed by atoms with Crippen LogP contribution in [0.1, 0.15) is 0 Å². The molecule has 166 valence electrons. The summed E-state index contributed by atoms with van der Waals surface area (Å²) >= 11 is 0. The van der Waals surface area contributed by atoms with Gasteiger partial charge < -0.3 is 14.8 Å². The van der Waals surface area contributed by atoms with Crippen LogP contribution in [0, 0.1) is 0 Å². The van der Waals surface area contributed by atoms with Crippen LogP contribution in [-0.2, 0) is 20.1 Å². The van der Waals surface area contributed by atoms with E-state index in [0.717, 1.165) is 0 Å². The van der Waals surface area contributed by atoms with Gasteiger partial charge in [0.25, 0.3) is 10.1 Å². The maximum absolute atomic E-state index is 12.6. The molecule has 0 radical (unpaired) electrons. The van der Waals surface area contributed by atoms with Crippen LogP contribution < -0.4 is 19.5 Å². The predicted molar refractivity (Wildman–Crippen MR) is 117 cm³/mol. The van der Waals surface area contributed by atoms with Crippen molar-refractivity contribution >= 4 is 36.6 Å². The molecule has 0 aliphatic heterocycles. The zero-order valence-corrected chi connectivity index (χ0v) is 18.5. The van der Waals surface area contributed by atoms with Crippen molar-refractivity contribution in [1.82, 2.24) is 4.72 Å². The Morgan fingerprint density at radius 3 is 2.19 bits per heavy atom. The van der Waals surface area contributed by atoms with E-state index in [1.54, 1.807) is 24.3 Å². The van der Waals surface area contributed by atoms with Gasteiger partial charge in [-0.05, 0) is 29.7 Å². The van der Waals surface area contributed by atoms with Gasteiger partial charge in [-0.2, -0.15) is 8.42 Å². The predicted octanol–water partition coefficient (Wildman–Crippen LogP) is 2.49. The molecule has 0 saturated heterocycles. The molecule has 0 aliphatic rings. The first-order valence-electron chi connectivity index (χ1n) is 9.12. The maximum Gasteiger partial charge on any atom is 0.295 e. The van der Waals surface area contributed by atoms with Crippen molar-refractivity contribution in [3.63, 3.8) is 0 Å². The lowest BCUT2D eigenvalue weighted by molar-refractivity contribution is 0.354. The fraction of sp³-hybridized carbons (Fsp3) is 0.200. The summed E-state index contributed by atoms with van der Waals surface area (Å²) in [6, 6.07) is 13.9. The highest BCUT2D eigenvalue weighted by molar-refractivity contribution is 7.89. The van der Waals surface area contributed by atoms with Crippen LogP contribution in [0.5, 0.6) is 11.5 Å². The summed E-state index contributed by atoms with van der Waals surface area (Å²) in [5.41, 5.74) is 0.455. The summed E-state index contributed by atoms with van der Waals surface area (Å²) in [6.45, 7) is 0.201. The van der Waals surface area contributed by atoms with E-state index in [-0.39, 0.29) is 28.6 Å². The van der Waals surface area contributed by atoms with Gasteiger partial charge in [0.2, 0.25) is 10.0 Å². The minimum atomic E-state index is -4.43. The van der Waals surface area contributed by atoms with Gasteiger partial charge >= 0.3 is 0 Å². The third-order valence-electron chi connectivity index (χ3n) is 4.54. The molecular weight excluding hydrogens is 444 g/mol. The second kappa shape index (κ2) is 9.10. The van der Waals surface area contributed by atoms with Gasteiger partial charge in [-0.25, -0.2) is 13.1 Å². The standard InChI is InChI=1S/C20H22N2O7S2/c1-28-17-10-9-15(13-18(17)29-2)30(23,24)22-12-11-21-16-7-3-5-14-6-4-8-19(20(14)16)31(25,26)27/h3-10,13,21-22H,11-12H2,1-2H3,(H,25,26,27). The smallest absolute Gasteiger partial charge is 0.295 e. The minimum absolute atomic E-state index is 0.0176. The van der Waals surface area contributed by atoms with E-state index in [4.69, 9.17) is 9.47 Å². The van der Waals surface area contributed by atoms with Gasteiger partial charge in [0.1, 0.15) is 4.90 Å². The summed E-state index contributed by atoms with van der Waals surface area (Å²) in [5.74, 6) is 0.700. The van der Waals surface area contributed by atoms with E-state index in [1.165, 1.54) is 44.6 Å². The summed E-state index contributed by atoms with van der Waals surface area (Å²) in [6.07, 6.45) is 0. The minimum Gasteiger partial charge on any atom is -0.493 e. The van der Waals surface area contributed by atoms with E-state index in [9.17, 15) is 21.4 Å². The average molecular weight is 467 g/mol. The third kappa shape index (κ3) is 5.07. The van der Waals surface area contributed by atoms with Crippen LogP contribution in [0.3, 0.4) is 0 Å². The zero-order chi connectivity index (χ0) is 22.6. The van der Waals surface area contributed by atoms with Crippen molar-refractivity contribution in [2.45, 2.75) is 9.79 Å². The zero-order valence-electron chi connectivity index (χ0n) is 16.8. The largest absolute Gasteiger partial charge is 0.493 e. The molecule has 0 atom stereocenters. The van der Waals surface area contributed by atoms with Crippen LogP contribution in [0.25, 0.3) is 10.8 Å². The average Bonchev–Trinajstić information content (AvgIpc) is 2.75. The molecule has 11 heteroatoms. The Morgan fingerprint density at radius 1 is 0.871 bits per heavy atom. The molecule has 0 unspecified atom stereocenters. The molecule has 0 aromatic heterocycles. The number of rotatable bonds is 9. The summed E-state index contributed by atoms with van der Waals surface area (Å²) < 4.78 is 70.8. The lowest BCUT2D eigenvalue weighted by atomic mass is 10.1. The number of methoxy groups -OCH3 is 2. The Labute approximate surface area is 180 Å². The Balaban J connectivity index is 1.75. The number of fused-ring (bicyclic) bond motifs is 1. The molecule has 9 nitrogen and oxygen atoms in total. The highest BCUT2D eigenvalue weighted by Gasteiger charge is 2.18. The first-order chi connectivity index (χ1) is 14.7. The molecule has 0 heterocycles. The molecule has 3 aromatic rings. The number of nitrogens with one attached hydrogen (secondary N) is 2. The molecular formula is C20H22N2O7S2. The second-order valence-electron chi connectivity index (χ2n) is 6.48. The van der Waals surface area contributed by atoms with Crippen molar-refractivity contribution in [1.29, 1.82) is 0 Å². The summed E-state index contributed by atoms with van der Waals surface area (Å²) in [7, 11) is -5.37. The Bertz CT molecular complexity index is 1300. The Morgan fingerprint density at radius 2 is 1.55 bits per heavy atom. The SMILES string of the molecule is COc1ccc(S(=O)(=O)NCCNc2cccc3cccc(S(=O)(=O)O)c23)cc1OC. The van der Waals surface area contributed by atoms with Crippen LogP contribution in [0.2, 0.25) is 0 Å². The third-order valence-corrected chi connectivity index (χ3v) is 6.90. The first kappa shape index (κ1) is 22.8. The van der Waals surface area contributed by atoms with Crippen LogP contribution in [-0.4, -0.2) is 48.7 Å². The summed E-state index contributed by atoms with van der Waals surface area (Å²) in [5, 5.41) is 3.96. The van der Waals surface area contributed by atoms with Crippen molar-refractivity contribution in [3.05, 3.63) is 54.6 Å². The molecule has 0 amide bonds. The lowest BCUT2D eigenvalue weighted by Crippen LogP contribution is -2.29. The normalized spacial score (nSPS) is 12.0. The molecule has 3 rings (SSSR count). The van der Waals surface area contributed by atoms with Gasteiger partial charge in [-0.15, -0.1) is 0 Å². The lowest BCUT2D eigenvalue weighted by Gasteiger charge is -2.13. The van der Waals surface area contributed by atoms with Gasteiger partial charge in [-0.1, -0.05) is 24.3 Å². The van der Waals surface area contributed by atoms with E-state index in [0.29, 0.717) is 22.2 Å². The number of sulfonamides is 1. The highest BCUT2D eigenvalue weighted by Crippen LogP contribution is 2.30. The van der Waals surface area contributed by atoms with Crippen LogP contribution in [0.4, 0.5) is 5.69 Å². The fourth-order valence-electron chi connectivity index (χ4n) is 3.12. The van der Waals surface area contributed by atoms with Crippen molar-refractivity contribution < 1.29 is 30.9 Å². The molecule has 0 bridgehead atoms. The molecule has 0 saturated carbocycles. The van der Waals surface area contributed by atoms with Crippen molar-refractivity contribution in [2.24, 2.45) is 0 Å². The summed E-state index contributed by atoms with van der Waals surface area (Å²) in [4.78, 5) is -0.206. The van der Waals surface area contributed by atoms with Crippen LogP contribution >= 0.6 is 0 Å². The monoisotopic (exact) mass is 466 g/mol. The quantitative estimate of drug-likeness (QED) is 0.324. The number of hydrogen-bond acceptors (Lipinski definition) is 7. The first-order valence-corrected chi connectivity index (χ1v) is 12.0. The molecule has 0 aliphatic carbocycles. The van der Waals surface area contributed by atoms with Gasteiger partial charge in [0.05, 0.1) is 19.1 Å². The fourth-order valence-corrected chi connectivity index (χ4v) is 4.90.